The summed E-state index contributed by atoms with van der Waals surface area (Å²) >= 11 is 0. The minimum absolute atomic E-state index is 0.0375. The molecular formula is C16H15N3O4. The van der Waals surface area contributed by atoms with Crippen molar-refractivity contribution in [2.45, 2.75) is 12.6 Å². The van der Waals surface area contributed by atoms with Crippen molar-refractivity contribution in [2.75, 3.05) is 11.4 Å². The number of primary amides is 1. The SMILES string of the molecule is NC(=O)C1CN(Cc2cccc([N+](=O)[O-])c2)c2ccccc2O1. The van der Waals surface area contributed by atoms with Crippen LogP contribution in [0.3, 0.4) is 0 Å². The molecular weight excluding hydrogens is 298 g/mol. The van der Waals surface area contributed by atoms with Gasteiger partial charge in [-0.1, -0.05) is 24.3 Å². The Kier molecular flexibility index (Phi) is 3.84. The number of nitrogens with zero attached hydrogens (tertiary/aromatic N) is 2. The molecule has 7 heteroatoms. The van der Waals surface area contributed by atoms with E-state index in [4.69, 9.17) is 10.5 Å². The van der Waals surface area contributed by atoms with Crippen LogP contribution in [0.1, 0.15) is 5.56 Å². The van der Waals surface area contributed by atoms with E-state index < -0.39 is 16.9 Å². The average molecular weight is 313 g/mol. The zero-order chi connectivity index (χ0) is 16.4. The van der Waals surface area contributed by atoms with Crippen molar-refractivity contribution >= 4 is 17.3 Å². The van der Waals surface area contributed by atoms with E-state index >= 15 is 0 Å². The van der Waals surface area contributed by atoms with Gasteiger partial charge in [0.05, 0.1) is 17.2 Å². The molecule has 1 aliphatic rings. The quantitative estimate of drug-likeness (QED) is 0.686. The number of carbonyl (C=O) groups excluding carboxylic acids is 1. The van der Waals surface area contributed by atoms with Crippen molar-refractivity contribution < 1.29 is 14.5 Å². The molecule has 0 saturated heterocycles. The first kappa shape index (κ1) is 14.8. The van der Waals surface area contributed by atoms with Crippen molar-refractivity contribution in [3.63, 3.8) is 0 Å². The number of carbonyl (C=O) groups is 1. The molecule has 1 aliphatic heterocycles. The van der Waals surface area contributed by atoms with Crippen molar-refractivity contribution in [1.82, 2.24) is 0 Å². The maximum atomic E-state index is 11.5. The molecule has 0 spiro atoms. The van der Waals surface area contributed by atoms with Gasteiger partial charge in [-0.25, -0.2) is 0 Å². The van der Waals surface area contributed by atoms with E-state index in [9.17, 15) is 14.9 Å². The molecule has 23 heavy (non-hydrogen) atoms. The predicted octanol–water partition coefficient (Wildman–Crippen LogP) is 1.85. The number of anilines is 1. The number of ether oxygens (including phenoxy) is 1. The van der Waals surface area contributed by atoms with Gasteiger partial charge < -0.3 is 15.4 Å². The third-order valence-corrected chi connectivity index (χ3v) is 3.67. The minimum atomic E-state index is -0.747. The summed E-state index contributed by atoms with van der Waals surface area (Å²) in [6.07, 6.45) is -0.747. The highest BCUT2D eigenvalue weighted by Gasteiger charge is 2.29. The highest BCUT2D eigenvalue weighted by molar-refractivity contribution is 5.81. The van der Waals surface area contributed by atoms with Crippen LogP contribution in [0, 0.1) is 10.1 Å². The lowest BCUT2D eigenvalue weighted by Crippen LogP contribution is -2.46. The van der Waals surface area contributed by atoms with Gasteiger partial charge in [0.2, 0.25) is 0 Å². The van der Waals surface area contributed by atoms with E-state index in [-0.39, 0.29) is 5.69 Å². The van der Waals surface area contributed by atoms with Crippen LogP contribution in [0.2, 0.25) is 0 Å². The van der Waals surface area contributed by atoms with Gasteiger partial charge in [-0.05, 0) is 17.7 Å². The summed E-state index contributed by atoms with van der Waals surface area (Å²) in [5.74, 6) is 0.0385. The number of amides is 1. The van der Waals surface area contributed by atoms with Crippen LogP contribution >= 0.6 is 0 Å². The van der Waals surface area contributed by atoms with Gasteiger partial charge in [-0.15, -0.1) is 0 Å². The number of nitro groups is 1. The first-order chi connectivity index (χ1) is 11.0. The molecule has 0 radical (unpaired) electrons. The van der Waals surface area contributed by atoms with Gasteiger partial charge in [-0.2, -0.15) is 0 Å². The molecule has 3 rings (SSSR count). The molecule has 2 aromatic rings. The van der Waals surface area contributed by atoms with Gasteiger partial charge in [0.15, 0.2) is 6.10 Å². The van der Waals surface area contributed by atoms with E-state index in [2.05, 4.69) is 0 Å². The lowest BCUT2D eigenvalue weighted by Gasteiger charge is -2.35. The third-order valence-electron chi connectivity index (χ3n) is 3.67. The van der Waals surface area contributed by atoms with Crippen molar-refractivity contribution in [3.8, 4) is 5.75 Å². The van der Waals surface area contributed by atoms with Crippen LogP contribution in [0.25, 0.3) is 0 Å². The van der Waals surface area contributed by atoms with Crippen LogP contribution in [0.15, 0.2) is 48.5 Å². The second kappa shape index (κ2) is 5.96. The molecule has 118 valence electrons. The molecule has 1 atom stereocenters. The van der Waals surface area contributed by atoms with Crippen LogP contribution < -0.4 is 15.4 Å². The van der Waals surface area contributed by atoms with E-state index in [0.29, 0.717) is 18.8 Å². The number of hydrogen-bond acceptors (Lipinski definition) is 5. The van der Waals surface area contributed by atoms with Crippen molar-refractivity contribution in [3.05, 3.63) is 64.2 Å². The monoisotopic (exact) mass is 313 g/mol. The number of nitrogens with two attached hydrogens (primary N) is 1. The fourth-order valence-electron chi connectivity index (χ4n) is 2.59. The number of rotatable bonds is 4. The average Bonchev–Trinajstić information content (AvgIpc) is 2.55. The Morgan fingerprint density at radius 2 is 2.09 bits per heavy atom. The Bertz CT molecular complexity index is 762. The summed E-state index contributed by atoms with van der Waals surface area (Å²) in [6, 6.07) is 13.8. The van der Waals surface area contributed by atoms with Crippen LogP contribution in [0.4, 0.5) is 11.4 Å². The fourth-order valence-corrected chi connectivity index (χ4v) is 2.59. The first-order valence-corrected chi connectivity index (χ1v) is 7.08. The Morgan fingerprint density at radius 1 is 1.30 bits per heavy atom. The number of para-hydroxylation sites is 2. The second-order valence-electron chi connectivity index (χ2n) is 5.28. The van der Waals surface area contributed by atoms with Gasteiger partial charge >= 0.3 is 0 Å². The number of hydrogen-bond donors (Lipinski definition) is 1. The number of fused-ring (bicyclic) bond motifs is 1. The smallest absolute Gasteiger partial charge is 0.269 e. The van der Waals surface area contributed by atoms with E-state index in [1.165, 1.54) is 12.1 Å². The molecule has 1 amide bonds. The Morgan fingerprint density at radius 3 is 2.83 bits per heavy atom. The Balaban J connectivity index is 1.90. The molecule has 0 saturated carbocycles. The van der Waals surface area contributed by atoms with Gasteiger partial charge in [0.25, 0.3) is 11.6 Å². The van der Waals surface area contributed by atoms with E-state index in [0.717, 1.165) is 11.3 Å². The van der Waals surface area contributed by atoms with Crippen LogP contribution in [0.5, 0.6) is 5.75 Å². The minimum Gasteiger partial charge on any atom is -0.477 e. The maximum absolute atomic E-state index is 11.5. The normalized spacial score (nSPS) is 16.3. The first-order valence-electron chi connectivity index (χ1n) is 7.08. The molecule has 0 bridgehead atoms. The number of non-ortho nitro benzene ring substituents is 1. The largest absolute Gasteiger partial charge is 0.477 e. The summed E-state index contributed by atoms with van der Waals surface area (Å²) in [6.45, 7) is 0.723. The molecule has 1 heterocycles. The van der Waals surface area contributed by atoms with E-state index in [1.807, 2.05) is 29.2 Å². The Labute approximate surface area is 132 Å². The van der Waals surface area contributed by atoms with Gasteiger partial charge in [0, 0.05) is 18.7 Å². The lowest BCUT2D eigenvalue weighted by molar-refractivity contribution is -0.384. The summed E-state index contributed by atoms with van der Waals surface area (Å²) in [5, 5.41) is 10.9. The summed E-state index contributed by atoms with van der Waals surface area (Å²) in [4.78, 5) is 23.9. The topological polar surface area (TPSA) is 98.7 Å². The molecule has 1 unspecified atom stereocenters. The summed E-state index contributed by atoms with van der Waals surface area (Å²) < 4.78 is 5.60. The molecule has 0 fully saturated rings. The van der Waals surface area contributed by atoms with Crippen LogP contribution in [-0.2, 0) is 11.3 Å². The van der Waals surface area contributed by atoms with Crippen molar-refractivity contribution in [1.29, 1.82) is 0 Å². The standard InChI is InChI=1S/C16H15N3O4/c17-16(20)15-10-18(13-6-1-2-7-14(13)23-15)9-11-4-3-5-12(8-11)19(21)22/h1-8,15H,9-10H2,(H2,17,20). The molecule has 0 aliphatic carbocycles. The van der Waals surface area contributed by atoms with Gasteiger partial charge in [-0.3, -0.25) is 14.9 Å². The second-order valence-corrected chi connectivity index (χ2v) is 5.28. The van der Waals surface area contributed by atoms with E-state index in [1.54, 1.807) is 12.1 Å². The summed E-state index contributed by atoms with van der Waals surface area (Å²) in [7, 11) is 0. The highest BCUT2D eigenvalue weighted by atomic mass is 16.6. The zero-order valence-corrected chi connectivity index (χ0v) is 12.2. The highest BCUT2D eigenvalue weighted by Crippen LogP contribution is 2.34. The fraction of sp³-hybridized carbons (Fsp3) is 0.188. The zero-order valence-electron chi connectivity index (χ0n) is 12.2. The predicted molar refractivity (Wildman–Crippen MR) is 84.2 cm³/mol. The molecule has 2 N–H and O–H groups in total. The number of nitro benzene ring substituents is 1. The van der Waals surface area contributed by atoms with Crippen LogP contribution in [-0.4, -0.2) is 23.5 Å². The number of benzene rings is 2. The Hall–Kier alpha value is -3.09. The molecule has 2 aromatic carbocycles. The molecule has 7 nitrogen and oxygen atoms in total. The van der Waals surface area contributed by atoms with Crippen molar-refractivity contribution in [2.24, 2.45) is 5.73 Å². The summed E-state index contributed by atoms with van der Waals surface area (Å²) in [5.41, 5.74) is 7.01. The lowest BCUT2D eigenvalue weighted by atomic mass is 10.1. The maximum Gasteiger partial charge on any atom is 0.269 e. The third kappa shape index (κ3) is 3.08. The van der Waals surface area contributed by atoms with Gasteiger partial charge in [0.1, 0.15) is 5.75 Å². The molecule has 0 aromatic heterocycles.